The minimum Gasteiger partial charge on any atom is -0.490 e. The van der Waals surface area contributed by atoms with Gasteiger partial charge in [0.25, 0.3) is 0 Å². The van der Waals surface area contributed by atoms with Crippen LogP contribution in [-0.2, 0) is 0 Å². The van der Waals surface area contributed by atoms with Crippen LogP contribution in [0.15, 0.2) is 46.6 Å². The van der Waals surface area contributed by atoms with Gasteiger partial charge < -0.3 is 9.47 Å². The Morgan fingerprint density at radius 2 is 1.95 bits per heavy atom. The van der Waals surface area contributed by atoms with E-state index in [2.05, 4.69) is 23.1 Å². The van der Waals surface area contributed by atoms with Gasteiger partial charge in [-0.05, 0) is 42.8 Å². The number of pyridine rings is 1. The minimum absolute atomic E-state index is 0.693. The molecule has 22 heavy (non-hydrogen) atoms. The summed E-state index contributed by atoms with van der Waals surface area (Å²) >= 11 is 1.64. The van der Waals surface area contributed by atoms with Crippen LogP contribution in [0, 0.1) is 6.92 Å². The molecule has 0 spiro atoms. The molecule has 0 atom stereocenters. The van der Waals surface area contributed by atoms with Crippen molar-refractivity contribution in [1.29, 1.82) is 0 Å². The van der Waals surface area contributed by atoms with Gasteiger partial charge in [0.15, 0.2) is 17.1 Å². The van der Waals surface area contributed by atoms with Gasteiger partial charge in [-0.1, -0.05) is 11.8 Å². The third-order valence-electron chi connectivity index (χ3n) is 3.43. The Bertz CT molecular complexity index is 831. The van der Waals surface area contributed by atoms with Gasteiger partial charge in [-0.15, -0.1) is 0 Å². The smallest absolute Gasteiger partial charge is 0.162 e. The molecule has 5 nitrogen and oxygen atoms in total. The molecule has 0 aliphatic carbocycles. The summed E-state index contributed by atoms with van der Waals surface area (Å²) in [5, 5.41) is 5.32. The summed E-state index contributed by atoms with van der Waals surface area (Å²) in [6, 6.07) is 10.2. The zero-order valence-corrected chi connectivity index (χ0v) is 13.0. The topological polar surface area (TPSA) is 48.7 Å². The highest BCUT2D eigenvalue weighted by molar-refractivity contribution is 7.99. The third kappa shape index (κ3) is 2.50. The summed E-state index contributed by atoms with van der Waals surface area (Å²) in [5.41, 5.74) is 2.02. The molecule has 1 aliphatic rings. The van der Waals surface area contributed by atoms with Crippen LogP contribution in [0.2, 0.25) is 0 Å². The van der Waals surface area contributed by atoms with Crippen molar-refractivity contribution in [3.63, 3.8) is 0 Å². The van der Waals surface area contributed by atoms with Crippen molar-refractivity contribution in [3.8, 4) is 11.5 Å². The number of aromatic nitrogens is 3. The minimum atomic E-state index is 0.693. The van der Waals surface area contributed by atoms with Crippen LogP contribution in [0.5, 0.6) is 11.5 Å². The van der Waals surface area contributed by atoms with E-state index in [0.717, 1.165) is 39.1 Å². The second kappa shape index (κ2) is 5.53. The van der Waals surface area contributed by atoms with E-state index in [1.165, 1.54) is 0 Å². The number of fused-ring (bicyclic) bond motifs is 2. The van der Waals surface area contributed by atoms with Crippen LogP contribution in [0.1, 0.15) is 12.0 Å². The Morgan fingerprint density at radius 3 is 2.86 bits per heavy atom. The average Bonchev–Trinajstić information content (AvgIpc) is 2.85. The third-order valence-corrected chi connectivity index (χ3v) is 4.42. The Hall–Kier alpha value is -2.21. The van der Waals surface area contributed by atoms with Crippen LogP contribution in [-0.4, -0.2) is 27.8 Å². The van der Waals surface area contributed by atoms with E-state index in [4.69, 9.17) is 9.47 Å². The number of benzene rings is 1. The first-order chi connectivity index (χ1) is 10.8. The molecule has 0 unspecified atom stereocenters. The fraction of sp³-hybridized carbons (Fsp3) is 0.250. The maximum Gasteiger partial charge on any atom is 0.162 e. The van der Waals surface area contributed by atoms with Crippen molar-refractivity contribution in [1.82, 2.24) is 14.6 Å². The molecule has 1 aliphatic heterocycles. The lowest BCUT2D eigenvalue weighted by Crippen LogP contribution is -1.97. The van der Waals surface area contributed by atoms with Crippen molar-refractivity contribution < 1.29 is 9.47 Å². The highest BCUT2D eigenvalue weighted by Gasteiger charge is 2.12. The lowest BCUT2D eigenvalue weighted by atomic mass is 10.3. The Kier molecular flexibility index (Phi) is 3.38. The number of hydrogen-bond acceptors (Lipinski definition) is 5. The number of nitrogens with zero attached hydrogens (tertiary/aromatic N) is 3. The van der Waals surface area contributed by atoms with Crippen molar-refractivity contribution in [3.05, 3.63) is 42.2 Å². The average molecular weight is 313 g/mol. The van der Waals surface area contributed by atoms with Gasteiger partial charge in [0.2, 0.25) is 0 Å². The molecule has 3 aromatic rings. The monoisotopic (exact) mass is 313 g/mol. The van der Waals surface area contributed by atoms with Crippen LogP contribution in [0.4, 0.5) is 0 Å². The molecule has 2 aromatic heterocycles. The normalized spacial score (nSPS) is 14.0. The number of aryl methyl sites for hydroxylation is 1. The summed E-state index contributed by atoms with van der Waals surface area (Å²) < 4.78 is 13.3. The molecule has 0 radical (unpaired) electrons. The predicted octanol–water partition coefficient (Wildman–Crippen LogP) is 3.35. The molecule has 0 saturated carbocycles. The van der Waals surface area contributed by atoms with Crippen LogP contribution in [0.3, 0.4) is 0 Å². The quantitative estimate of drug-likeness (QED) is 0.726. The van der Waals surface area contributed by atoms with Gasteiger partial charge >= 0.3 is 0 Å². The van der Waals surface area contributed by atoms with Crippen LogP contribution < -0.4 is 9.47 Å². The standard InChI is InChI=1S/C16H15N3O2S/c1-11-7-15-17-10-18-19(15)16(8-11)22-12-3-4-13-14(9-12)21-6-2-5-20-13/h3-4,7-10H,2,5-6H2,1H3. The first-order valence-corrected chi connectivity index (χ1v) is 7.99. The summed E-state index contributed by atoms with van der Waals surface area (Å²) in [6.07, 6.45) is 2.49. The van der Waals surface area contributed by atoms with Crippen molar-refractivity contribution in [2.24, 2.45) is 0 Å². The largest absolute Gasteiger partial charge is 0.490 e. The molecule has 0 fully saturated rings. The van der Waals surface area contributed by atoms with Crippen LogP contribution >= 0.6 is 11.8 Å². The summed E-state index contributed by atoms with van der Waals surface area (Å²) in [6.45, 7) is 3.46. The van der Waals surface area contributed by atoms with E-state index in [9.17, 15) is 0 Å². The van der Waals surface area contributed by atoms with Crippen molar-refractivity contribution in [2.75, 3.05) is 13.2 Å². The first-order valence-electron chi connectivity index (χ1n) is 7.17. The second-order valence-electron chi connectivity index (χ2n) is 5.16. The van der Waals surface area contributed by atoms with E-state index in [1.807, 2.05) is 28.8 Å². The van der Waals surface area contributed by atoms with E-state index in [-0.39, 0.29) is 0 Å². The Balaban J connectivity index is 1.70. The fourth-order valence-corrected chi connectivity index (χ4v) is 3.44. The SMILES string of the molecule is Cc1cc(Sc2ccc3c(c2)OCCCO3)n2ncnc2c1. The van der Waals surface area contributed by atoms with E-state index < -0.39 is 0 Å². The van der Waals surface area contributed by atoms with Crippen molar-refractivity contribution >= 4 is 17.4 Å². The van der Waals surface area contributed by atoms with E-state index in [0.29, 0.717) is 13.2 Å². The molecule has 1 aromatic carbocycles. The van der Waals surface area contributed by atoms with Gasteiger partial charge in [-0.3, -0.25) is 0 Å². The zero-order valence-electron chi connectivity index (χ0n) is 12.2. The lowest BCUT2D eigenvalue weighted by Gasteiger charge is -2.10. The number of hydrogen-bond donors (Lipinski definition) is 0. The molecule has 6 heteroatoms. The molecule has 3 heterocycles. The lowest BCUT2D eigenvalue weighted by molar-refractivity contribution is 0.297. The van der Waals surface area contributed by atoms with Gasteiger partial charge in [0.1, 0.15) is 11.4 Å². The van der Waals surface area contributed by atoms with Gasteiger partial charge in [-0.2, -0.15) is 5.10 Å². The predicted molar refractivity (Wildman–Crippen MR) is 83.9 cm³/mol. The number of rotatable bonds is 2. The Labute approximate surface area is 132 Å². The summed E-state index contributed by atoms with van der Waals surface area (Å²) in [4.78, 5) is 5.35. The van der Waals surface area contributed by atoms with Crippen molar-refractivity contribution in [2.45, 2.75) is 23.3 Å². The summed E-state index contributed by atoms with van der Waals surface area (Å²) in [7, 11) is 0. The molecule has 0 amide bonds. The maximum absolute atomic E-state index is 5.75. The molecule has 0 bridgehead atoms. The highest BCUT2D eigenvalue weighted by atomic mass is 32.2. The van der Waals surface area contributed by atoms with E-state index in [1.54, 1.807) is 18.1 Å². The number of ether oxygens (including phenoxy) is 2. The molecule has 0 N–H and O–H groups in total. The van der Waals surface area contributed by atoms with E-state index >= 15 is 0 Å². The van der Waals surface area contributed by atoms with Gasteiger partial charge in [0.05, 0.1) is 13.2 Å². The molecule has 112 valence electrons. The molecular weight excluding hydrogens is 298 g/mol. The highest BCUT2D eigenvalue weighted by Crippen LogP contribution is 2.36. The molecular formula is C16H15N3O2S. The molecule has 0 saturated heterocycles. The Morgan fingerprint density at radius 1 is 1.09 bits per heavy atom. The van der Waals surface area contributed by atoms with Gasteiger partial charge in [-0.25, -0.2) is 9.50 Å². The first kappa shape index (κ1) is 13.5. The van der Waals surface area contributed by atoms with Crippen LogP contribution in [0.25, 0.3) is 5.65 Å². The second-order valence-corrected chi connectivity index (χ2v) is 6.26. The van der Waals surface area contributed by atoms with Gasteiger partial charge in [0, 0.05) is 11.3 Å². The maximum atomic E-state index is 5.75. The summed E-state index contributed by atoms with van der Waals surface area (Å²) in [5.74, 6) is 1.63. The zero-order chi connectivity index (χ0) is 14.9. The molecule has 4 rings (SSSR count). The fourth-order valence-electron chi connectivity index (χ4n) is 2.42.